The predicted octanol–water partition coefficient (Wildman–Crippen LogP) is 2.96. The highest BCUT2D eigenvalue weighted by Gasteiger charge is 2.30. The fraction of sp³-hybridized carbons (Fsp3) is 0.471. The molecule has 0 amide bonds. The number of carbonyl (C=O) groups excluding carboxylic acids is 1. The van der Waals surface area contributed by atoms with E-state index in [1.54, 1.807) is 0 Å². The van der Waals surface area contributed by atoms with Crippen LogP contribution < -0.4 is 0 Å². The Kier molecular flexibility index (Phi) is 3.88. The van der Waals surface area contributed by atoms with E-state index in [4.69, 9.17) is 4.74 Å². The normalized spacial score (nSPS) is 21.8. The lowest BCUT2D eigenvalue weighted by Gasteiger charge is -2.32. The van der Waals surface area contributed by atoms with Gasteiger partial charge in [0.25, 0.3) is 0 Å². The maximum Gasteiger partial charge on any atom is 0.330 e. The summed E-state index contributed by atoms with van der Waals surface area (Å²) in [5, 5.41) is 0. The summed E-state index contributed by atoms with van der Waals surface area (Å²) in [5.41, 5.74) is 4.02. The number of hydrogen-bond donors (Lipinski definition) is 0. The third kappa shape index (κ3) is 2.63. The number of nitrogens with zero attached hydrogens (tertiary/aromatic N) is 1. The lowest BCUT2D eigenvalue weighted by atomic mass is 9.91. The fourth-order valence-corrected chi connectivity index (χ4v) is 3.32. The molecule has 1 aromatic rings. The van der Waals surface area contributed by atoms with E-state index in [1.807, 2.05) is 13.0 Å². The second-order valence-corrected chi connectivity index (χ2v) is 5.49. The molecule has 20 heavy (non-hydrogen) atoms. The van der Waals surface area contributed by atoms with E-state index in [0.29, 0.717) is 12.6 Å². The van der Waals surface area contributed by atoms with Crippen molar-refractivity contribution in [1.29, 1.82) is 0 Å². The van der Waals surface area contributed by atoms with Crippen LogP contribution in [0.4, 0.5) is 0 Å². The highest BCUT2D eigenvalue weighted by molar-refractivity contribution is 5.87. The fourth-order valence-electron chi connectivity index (χ4n) is 3.32. The lowest BCUT2D eigenvalue weighted by molar-refractivity contribution is -0.137. The number of ether oxygens (including phenoxy) is 1. The molecule has 1 aromatic carbocycles. The topological polar surface area (TPSA) is 29.5 Å². The van der Waals surface area contributed by atoms with E-state index < -0.39 is 0 Å². The third-order valence-corrected chi connectivity index (χ3v) is 4.26. The molecule has 0 aromatic heterocycles. The number of carbonyl (C=O) groups is 1. The summed E-state index contributed by atoms with van der Waals surface area (Å²) < 4.78 is 4.91. The average Bonchev–Trinajstić information content (AvgIpc) is 2.94. The number of hydrogen-bond acceptors (Lipinski definition) is 3. The van der Waals surface area contributed by atoms with Gasteiger partial charge in [0.2, 0.25) is 0 Å². The molecule has 1 atom stereocenters. The van der Waals surface area contributed by atoms with Gasteiger partial charge in [0.1, 0.15) is 0 Å². The number of rotatable bonds is 3. The lowest BCUT2D eigenvalue weighted by Crippen LogP contribution is -2.30. The van der Waals surface area contributed by atoms with Crippen LogP contribution in [0, 0.1) is 0 Å². The molecule has 3 heteroatoms. The molecule has 0 radical (unpaired) electrons. The molecule has 2 aliphatic rings. The smallest absolute Gasteiger partial charge is 0.330 e. The zero-order valence-corrected chi connectivity index (χ0v) is 12.0. The van der Waals surface area contributed by atoms with Crippen LogP contribution in [0.2, 0.25) is 0 Å². The van der Waals surface area contributed by atoms with Gasteiger partial charge in [0.15, 0.2) is 0 Å². The molecule has 106 valence electrons. The first kappa shape index (κ1) is 13.4. The Morgan fingerprint density at radius 2 is 2.35 bits per heavy atom. The molecule has 1 saturated heterocycles. The summed E-state index contributed by atoms with van der Waals surface area (Å²) in [4.78, 5) is 14.0. The Labute approximate surface area is 120 Å². The van der Waals surface area contributed by atoms with Gasteiger partial charge in [0.05, 0.1) is 6.61 Å². The Hall–Kier alpha value is -1.61. The Morgan fingerprint density at radius 1 is 1.45 bits per heavy atom. The molecule has 0 saturated carbocycles. The summed E-state index contributed by atoms with van der Waals surface area (Å²) in [7, 11) is 0. The molecular weight excluding hydrogens is 250 g/mol. The Morgan fingerprint density at radius 3 is 3.20 bits per heavy atom. The molecule has 1 unspecified atom stereocenters. The van der Waals surface area contributed by atoms with E-state index in [1.165, 1.54) is 43.1 Å². The van der Waals surface area contributed by atoms with Crippen molar-refractivity contribution < 1.29 is 9.53 Å². The van der Waals surface area contributed by atoms with Crippen LogP contribution in [-0.4, -0.2) is 30.6 Å². The zero-order valence-electron chi connectivity index (χ0n) is 12.0. The molecule has 0 bridgehead atoms. The summed E-state index contributed by atoms with van der Waals surface area (Å²) in [6.45, 7) is 4.66. The van der Waals surface area contributed by atoms with E-state index in [-0.39, 0.29) is 5.97 Å². The zero-order chi connectivity index (χ0) is 13.9. The maximum absolute atomic E-state index is 11.4. The van der Waals surface area contributed by atoms with Crippen molar-refractivity contribution in [1.82, 2.24) is 4.90 Å². The number of esters is 1. The quantitative estimate of drug-likeness (QED) is 0.625. The van der Waals surface area contributed by atoms with Gasteiger partial charge < -0.3 is 4.74 Å². The van der Waals surface area contributed by atoms with E-state index >= 15 is 0 Å². The van der Waals surface area contributed by atoms with Gasteiger partial charge in [-0.2, -0.15) is 0 Å². The van der Waals surface area contributed by atoms with Crippen LogP contribution in [0.5, 0.6) is 0 Å². The highest BCUT2D eigenvalue weighted by Crippen LogP contribution is 2.37. The van der Waals surface area contributed by atoms with Gasteiger partial charge in [-0.1, -0.05) is 12.1 Å². The third-order valence-electron chi connectivity index (χ3n) is 4.26. The standard InChI is InChI=1S/C17H21NO2/c1-2-20-17(19)8-6-13-5-7-14-9-11-18-10-3-4-16(18)15(14)12-13/h5-8,12,16H,2-4,9-11H2,1H3. The van der Waals surface area contributed by atoms with Gasteiger partial charge >= 0.3 is 5.97 Å². The maximum atomic E-state index is 11.4. The van der Waals surface area contributed by atoms with Crippen molar-refractivity contribution in [2.75, 3.05) is 19.7 Å². The van der Waals surface area contributed by atoms with Gasteiger partial charge in [0, 0.05) is 18.7 Å². The largest absolute Gasteiger partial charge is 0.463 e. The SMILES string of the molecule is CCOC(=O)C=Cc1ccc2c(c1)C1CCCN1CC2. The van der Waals surface area contributed by atoms with Crippen molar-refractivity contribution in [3.8, 4) is 0 Å². The number of benzene rings is 1. The first-order valence-corrected chi connectivity index (χ1v) is 7.49. The second kappa shape index (κ2) is 5.80. The van der Waals surface area contributed by atoms with Crippen LogP contribution in [0.1, 0.15) is 42.5 Å². The van der Waals surface area contributed by atoms with Crippen molar-refractivity contribution in [3.05, 3.63) is 41.0 Å². The molecule has 1 fully saturated rings. The molecule has 0 aliphatic carbocycles. The predicted molar refractivity (Wildman–Crippen MR) is 79.4 cm³/mol. The number of fused-ring (bicyclic) bond motifs is 3. The minimum absolute atomic E-state index is 0.271. The Bertz CT molecular complexity index is 536. The Balaban J connectivity index is 1.81. The first-order chi connectivity index (χ1) is 9.78. The highest BCUT2D eigenvalue weighted by atomic mass is 16.5. The molecule has 3 nitrogen and oxygen atoms in total. The van der Waals surface area contributed by atoms with E-state index in [2.05, 4.69) is 23.1 Å². The van der Waals surface area contributed by atoms with E-state index in [9.17, 15) is 4.79 Å². The van der Waals surface area contributed by atoms with Crippen LogP contribution in [0.3, 0.4) is 0 Å². The summed E-state index contributed by atoms with van der Waals surface area (Å²) in [6.07, 6.45) is 7.07. The minimum atomic E-state index is -0.271. The van der Waals surface area contributed by atoms with Crippen molar-refractivity contribution in [2.45, 2.75) is 32.2 Å². The molecule has 3 rings (SSSR count). The summed E-state index contributed by atoms with van der Waals surface area (Å²) >= 11 is 0. The van der Waals surface area contributed by atoms with Crippen LogP contribution in [0.25, 0.3) is 6.08 Å². The van der Waals surface area contributed by atoms with Crippen LogP contribution >= 0.6 is 0 Å². The summed E-state index contributed by atoms with van der Waals surface area (Å²) in [6, 6.07) is 7.15. The minimum Gasteiger partial charge on any atom is -0.463 e. The second-order valence-electron chi connectivity index (χ2n) is 5.49. The van der Waals surface area contributed by atoms with Crippen molar-refractivity contribution in [2.24, 2.45) is 0 Å². The average molecular weight is 271 g/mol. The van der Waals surface area contributed by atoms with Gasteiger partial charge in [-0.15, -0.1) is 0 Å². The van der Waals surface area contributed by atoms with Crippen molar-refractivity contribution in [3.63, 3.8) is 0 Å². The first-order valence-electron chi connectivity index (χ1n) is 7.49. The van der Waals surface area contributed by atoms with Crippen LogP contribution in [-0.2, 0) is 16.0 Å². The molecule has 0 N–H and O–H groups in total. The monoisotopic (exact) mass is 271 g/mol. The molecule has 2 heterocycles. The van der Waals surface area contributed by atoms with Crippen LogP contribution in [0.15, 0.2) is 24.3 Å². The van der Waals surface area contributed by atoms with Gasteiger partial charge in [-0.25, -0.2) is 4.79 Å². The molecule has 0 spiro atoms. The summed E-state index contributed by atoms with van der Waals surface area (Å²) in [5.74, 6) is -0.271. The van der Waals surface area contributed by atoms with Crippen molar-refractivity contribution >= 4 is 12.0 Å². The van der Waals surface area contributed by atoms with E-state index in [0.717, 1.165) is 12.0 Å². The van der Waals surface area contributed by atoms with Gasteiger partial charge in [-0.05, 0) is 61.6 Å². The van der Waals surface area contributed by atoms with Gasteiger partial charge in [-0.3, -0.25) is 4.90 Å². The molecular formula is C17H21NO2. The molecule has 2 aliphatic heterocycles.